The van der Waals surface area contributed by atoms with Crippen LogP contribution in [0.15, 0.2) is 40.4 Å². The van der Waals surface area contributed by atoms with Crippen molar-refractivity contribution in [2.45, 2.75) is 33.1 Å². The largest absolute Gasteiger partial charge is 0.455 e. The van der Waals surface area contributed by atoms with Crippen LogP contribution < -0.4 is 5.32 Å². The highest BCUT2D eigenvalue weighted by Crippen LogP contribution is 2.26. The normalized spacial score (nSPS) is 10.6. The van der Waals surface area contributed by atoms with Crippen molar-refractivity contribution in [3.63, 3.8) is 0 Å². The summed E-state index contributed by atoms with van der Waals surface area (Å²) in [6.07, 6.45) is 1.69. The second-order valence-electron chi connectivity index (χ2n) is 6.20. The number of thiophene rings is 1. The molecule has 0 saturated heterocycles. The van der Waals surface area contributed by atoms with Crippen molar-refractivity contribution in [2.75, 3.05) is 11.9 Å². The molecule has 2 aromatic heterocycles. The van der Waals surface area contributed by atoms with Crippen molar-refractivity contribution in [2.24, 2.45) is 0 Å². The number of thiazole rings is 1. The van der Waals surface area contributed by atoms with Gasteiger partial charge >= 0.3 is 5.97 Å². The van der Waals surface area contributed by atoms with Crippen molar-refractivity contribution >= 4 is 40.2 Å². The Balaban J connectivity index is 1.53. The Morgan fingerprint density at radius 3 is 2.50 bits per heavy atom. The van der Waals surface area contributed by atoms with Gasteiger partial charge in [0.1, 0.15) is 5.01 Å². The Labute approximate surface area is 172 Å². The molecular weight excluding hydrogens is 392 g/mol. The van der Waals surface area contributed by atoms with E-state index in [1.54, 1.807) is 11.3 Å². The number of hydrogen-bond acceptors (Lipinski definition) is 6. The Morgan fingerprint density at radius 2 is 1.86 bits per heavy atom. The second kappa shape index (κ2) is 9.61. The van der Waals surface area contributed by atoms with Gasteiger partial charge in [0, 0.05) is 22.0 Å². The van der Waals surface area contributed by atoms with E-state index in [-0.39, 0.29) is 18.9 Å². The maximum absolute atomic E-state index is 12.3. The third-order valence-corrected chi connectivity index (χ3v) is 5.90. The van der Waals surface area contributed by atoms with Crippen LogP contribution in [0.25, 0.3) is 10.6 Å². The monoisotopic (exact) mass is 414 g/mol. The molecule has 0 fully saturated rings. The number of nitrogens with one attached hydrogen (secondary N) is 1. The van der Waals surface area contributed by atoms with Gasteiger partial charge < -0.3 is 10.1 Å². The molecule has 1 amide bonds. The van der Waals surface area contributed by atoms with Gasteiger partial charge in [0.15, 0.2) is 6.61 Å². The summed E-state index contributed by atoms with van der Waals surface area (Å²) in [7, 11) is 0. The highest BCUT2D eigenvalue weighted by Gasteiger charge is 2.14. The number of amides is 1. The molecular formula is C21H22N2O3S2. The van der Waals surface area contributed by atoms with Crippen molar-refractivity contribution < 1.29 is 14.3 Å². The van der Waals surface area contributed by atoms with Gasteiger partial charge in [-0.1, -0.05) is 32.0 Å². The van der Waals surface area contributed by atoms with E-state index >= 15 is 0 Å². The van der Waals surface area contributed by atoms with Gasteiger partial charge in [0.25, 0.3) is 5.91 Å². The van der Waals surface area contributed by atoms with Crippen LogP contribution in [0.3, 0.4) is 0 Å². The minimum Gasteiger partial charge on any atom is -0.455 e. The van der Waals surface area contributed by atoms with Crippen LogP contribution in [-0.4, -0.2) is 23.5 Å². The molecule has 0 unspecified atom stereocenters. The van der Waals surface area contributed by atoms with Gasteiger partial charge in [-0.3, -0.25) is 9.59 Å². The van der Waals surface area contributed by atoms with Gasteiger partial charge in [0.2, 0.25) is 0 Å². The number of carbonyl (C=O) groups excluding carboxylic acids is 2. The predicted octanol–water partition coefficient (Wildman–Crippen LogP) is 4.72. The van der Waals surface area contributed by atoms with Crippen LogP contribution in [0.4, 0.5) is 5.69 Å². The number of nitrogens with zero attached hydrogens (tertiary/aromatic N) is 1. The average Bonchev–Trinajstić information content (AvgIpc) is 3.38. The fourth-order valence-electron chi connectivity index (χ4n) is 2.83. The first-order valence-electron chi connectivity index (χ1n) is 9.13. The van der Waals surface area contributed by atoms with Gasteiger partial charge in [-0.2, -0.15) is 11.3 Å². The molecule has 0 aliphatic heterocycles. The van der Waals surface area contributed by atoms with Gasteiger partial charge in [-0.25, -0.2) is 4.98 Å². The lowest BCUT2D eigenvalue weighted by Gasteiger charge is -2.14. The second-order valence-corrected chi connectivity index (χ2v) is 7.84. The molecule has 3 rings (SSSR count). The zero-order chi connectivity index (χ0) is 19.9. The van der Waals surface area contributed by atoms with Crippen LogP contribution >= 0.6 is 22.7 Å². The molecule has 28 heavy (non-hydrogen) atoms. The van der Waals surface area contributed by atoms with E-state index < -0.39 is 5.97 Å². The lowest BCUT2D eigenvalue weighted by atomic mass is 10.0. The van der Waals surface area contributed by atoms with E-state index in [1.807, 2.05) is 54.3 Å². The fraction of sp³-hybridized carbons (Fsp3) is 0.286. The number of aromatic nitrogens is 1. The minimum absolute atomic E-state index is 0.0552. The van der Waals surface area contributed by atoms with E-state index in [9.17, 15) is 9.59 Å². The Kier molecular flexibility index (Phi) is 6.95. The third-order valence-electron chi connectivity index (χ3n) is 4.27. The highest BCUT2D eigenvalue weighted by molar-refractivity contribution is 7.14. The summed E-state index contributed by atoms with van der Waals surface area (Å²) >= 11 is 3.10. The first kappa shape index (κ1) is 20.2. The molecule has 0 saturated carbocycles. The zero-order valence-electron chi connectivity index (χ0n) is 15.9. The third kappa shape index (κ3) is 5.05. The summed E-state index contributed by atoms with van der Waals surface area (Å²) in [5.41, 5.74) is 4.68. The Hall–Kier alpha value is -2.51. The maximum atomic E-state index is 12.3. The zero-order valence-corrected chi connectivity index (χ0v) is 17.5. The average molecular weight is 415 g/mol. The molecule has 0 aliphatic rings. The first-order chi connectivity index (χ1) is 13.6. The van der Waals surface area contributed by atoms with Crippen LogP contribution in [0.5, 0.6) is 0 Å². The minimum atomic E-state index is -0.461. The number of hydrogen-bond donors (Lipinski definition) is 1. The van der Waals surface area contributed by atoms with E-state index in [4.69, 9.17) is 4.74 Å². The molecule has 1 aromatic carbocycles. The van der Waals surface area contributed by atoms with E-state index in [0.29, 0.717) is 5.69 Å². The topological polar surface area (TPSA) is 68.3 Å². The lowest BCUT2D eigenvalue weighted by Crippen LogP contribution is -2.23. The van der Waals surface area contributed by atoms with Crippen molar-refractivity contribution in [1.82, 2.24) is 4.98 Å². The molecule has 0 radical (unpaired) electrons. The lowest BCUT2D eigenvalue weighted by molar-refractivity contribution is -0.146. The predicted molar refractivity (Wildman–Crippen MR) is 114 cm³/mol. The highest BCUT2D eigenvalue weighted by atomic mass is 32.1. The molecule has 1 N–H and O–H groups in total. The summed E-state index contributed by atoms with van der Waals surface area (Å²) < 4.78 is 5.14. The van der Waals surface area contributed by atoms with Crippen LogP contribution in [0, 0.1) is 0 Å². The van der Waals surface area contributed by atoms with Gasteiger partial charge in [0.05, 0.1) is 12.1 Å². The summed E-state index contributed by atoms with van der Waals surface area (Å²) in [6.45, 7) is 3.78. The number of benzene rings is 1. The number of rotatable bonds is 8. The molecule has 5 nitrogen and oxygen atoms in total. The van der Waals surface area contributed by atoms with E-state index in [1.165, 1.54) is 11.3 Å². The Bertz CT molecular complexity index is 926. The fourth-order valence-corrected chi connectivity index (χ4v) is 4.36. The van der Waals surface area contributed by atoms with Gasteiger partial charge in [-0.05, 0) is 35.4 Å². The van der Waals surface area contributed by atoms with Crippen molar-refractivity contribution in [3.8, 4) is 10.6 Å². The van der Waals surface area contributed by atoms with Crippen LogP contribution in [-0.2, 0) is 33.6 Å². The summed E-state index contributed by atoms with van der Waals surface area (Å²) in [4.78, 5) is 28.8. The van der Waals surface area contributed by atoms with Crippen LogP contribution in [0.1, 0.15) is 30.7 Å². The molecule has 3 aromatic rings. The molecule has 0 aliphatic carbocycles. The number of aryl methyl sites for hydroxylation is 2. The molecule has 0 bridgehead atoms. The summed E-state index contributed by atoms with van der Waals surface area (Å²) in [6, 6.07) is 7.97. The standard InChI is InChI=1S/C21H22N2O3S2/c1-3-14-6-5-7-15(4-2)20(14)23-18(24)11-26-19(25)10-17-13-28-21(22-17)16-8-9-27-12-16/h5-9,12-13H,3-4,10-11H2,1-2H3,(H,23,24). The van der Waals surface area contributed by atoms with E-state index in [2.05, 4.69) is 10.3 Å². The van der Waals surface area contributed by atoms with Crippen molar-refractivity contribution in [1.29, 1.82) is 0 Å². The molecule has 146 valence electrons. The van der Waals surface area contributed by atoms with Crippen molar-refractivity contribution in [3.05, 3.63) is 57.2 Å². The molecule has 7 heteroatoms. The first-order valence-corrected chi connectivity index (χ1v) is 11.0. The van der Waals surface area contributed by atoms with Crippen LogP contribution in [0.2, 0.25) is 0 Å². The smallest absolute Gasteiger partial charge is 0.312 e. The number of carbonyl (C=O) groups is 2. The molecule has 0 spiro atoms. The number of esters is 1. The molecule has 0 atom stereocenters. The van der Waals surface area contributed by atoms with Gasteiger partial charge in [-0.15, -0.1) is 11.3 Å². The Morgan fingerprint density at radius 1 is 1.11 bits per heavy atom. The molecule has 2 heterocycles. The quantitative estimate of drug-likeness (QED) is 0.542. The SMILES string of the molecule is CCc1cccc(CC)c1NC(=O)COC(=O)Cc1csc(-c2ccsc2)n1. The number of ether oxygens (including phenoxy) is 1. The van der Waals surface area contributed by atoms with E-state index in [0.717, 1.165) is 40.2 Å². The summed E-state index contributed by atoms with van der Waals surface area (Å²) in [5.74, 6) is -0.794. The summed E-state index contributed by atoms with van der Waals surface area (Å²) in [5, 5.41) is 9.63. The number of para-hydroxylation sites is 1. The number of anilines is 1. The maximum Gasteiger partial charge on any atom is 0.312 e.